The summed E-state index contributed by atoms with van der Waals surface area (Å²) in [7, 11) is 0. The molecule has 1 aliphatic heterocycles. The molecule has 0 radical (unpaired) electrons. The maximum atomic E-state index is 11.1. The largest absolute Gasteiger partial charge is 0.491 e. The van der Waals surface area contributed by atoms with Gasteiger partial charge in [0.1, 0.15) is 18.5 Å². The molecule has 1 aromatic rings. The minimum atomic E-state index is 0.0789. The zero-order chi connectivity index (χ0) is 10.8. The fourth-order valence-electron chi connectivity index (χ4n) is 1.38. The Morgan fingerprint density at radius 2 is 2.33 bits per heavy atom. The summed E-state index contributed by atoms with van der Waals surface area (Å²) in [6, 6.07) is 5.48. The van der Waals surface area contributed by atoms with E-state index in [1.165, 1.54) is 0 Å². The lowest BCUT2D eigenvalue weighted by Crippen LogP contribution is -2.05. The first-order chi connectivity index (χ1) is 7.16. The number of epoxide rings is 1. The number of hydrogen-bond acceptors (Lipinski definition) is 3. The van der Waals surface area contributed by atoms with Gasteiger partial charge in [-0.3, -0.25) is 4.79 Å². The van der Waals surface area contributed by atoms with E-state index in [0.29, 0.717) is 6.61 Å². The molecule has 0 spiro atoms. The van der Waals surface area contributed by atoms with Gasteiger partial charge in [-0.15, -0.1) is 0 Å². The average molecular weight is 206 g/mol. The van der Waals surface area contributed by atoms with E-state index in [-0.39, 0.29) is 11.9 Å². The number of ketones is 1. The van der Waals surface area contributed by atoms with Gasteiger partial charge in [0.25, 0.3) is 0 Å². The first-order valence-electron chi connectivity index (χ1n) is 5.03. The second-order valence-electron chi connectivity index (χ2n) is 3.80. The third-order valence-corrected chi connectivity index (χ3v) is 2.41. The highest BCUT2D eigenvalue weighted by atomic mass is 16.6. The lowest BCUT2D eigenvalue weighted by Gasteiger charge is -2.08. The first kappa shape index (κ1) is 10.2. The molecular formula is C12H14O3. The zero-order valence-corrected chi connectivity index (χ0v) is 8.95. The number of carbonyl (C=O) groups excluding carboxylic acids is 1. The fraction of sp³-hybridized carbons (Fsp3) is 0.417. The van der Waals surface area contributed by atoms with Crippen LogP contribution in [0, 0.1) is 6.92 Å². The SMILES string of the molecule is CC(=O)c1ccc(OC[C@@H]2CO2)c(C)c1. The van der Waals surface area contributed by atoms with Crippen LogP contribution in [-0.2, 0) is 4.74 Å². The Bertz CT molecular complexity index is 380. The molecule has 1 aliphatic rings. The third-order valence-electron chi connectivity index (χ3n) is 2.41. The van der Waals surface area contributed by atoms with Crippen LogP contribution in [0.25, 0.3) is 0 Å². The molecule has 1 heterocycles. The minimum absolute atomic E-state index is 0.0789. The smallest absolute Gasteiger partial charge is 0.159 e. The van der Waals surface area contributed by atoms with Gasteiger partial charge in [-0.2, -0.15) is 0 Å². The average Bonchev–Trinajstić information content (AvgIpc) is 2.99. The number of benzene rings is 1. The van der Waals surface area contributed by atoms with Crippen molar-refractivity contribution in [2.75, 3.05) is 13.2 Å². The molecule has 15 heavy (non-hydrogen) atoms. The molecule has 1 atom stereocenters. The minimum Gasteiger partial charge on any atom is -0.491 e. The van der Waals surface area contributed by atoms with Crippen molar-refractivity contribution in [1.82, 2.24) is 0 Å². The van der Waals surface area contributed by atoms with E-state index in [9.17, 15) is 4.79 Å². The monoisotopic (exact) mass is 206 g/mol. The molecule has 0 saturated carbocycles. The van der Waals surface area contributed by atoms with Crippen molar-refractivity contribution in [3.05, 3.63) is 29.3 Å². The van der Waals surface area contributed by atoms with Crippen LogP contribution in [0.2, 0.25) is 0 Å². The summed E-state index contributed by atoms with van der Waals surface area (Å²) in [5.74, 6) is 0.908. The molecule has 3 heteroatoms. The quantitative estimate of drug-likeness (QED) is 0.558. The number of Topliss-reactive ketones (excluding diaryl/α,β-unsaturated/α-hetero) is 1. The molecule has 0 unspecified atom stereocenters. The van der Waals surface area contributed by atoms with E-state index in [0.717, 1.165) is 23.5 Å². The molecule has 1 aromatic carbocycles. The second kappa shape index (κ2) is 4.03. The topological polar surface area (TPSA) is 38.8 Å². The van der Waals surface area contributed by atoms with E-state index in [1.54, 1.807) is 13.0 Å². The van der Waals surface area contributed by atoms with Crippen LogP contribution in [0.4, 0.5) is 0 Å². The van der Waals surface area contributed by atoms with Crippen molar-refractivity contribution < 1.29 is 14.3 Å². The summed E-state index contributed by atoms with van der Waals surface area (Å²) in [6.45, 7) is 4.90. The molecule has 0 amide bonds. The van der Waals surface area contributed by atoms with Gasteiger partial charge in [-0.1, -0.05) is 0 Å². The van der Waals surface area contributed by atoms with Gasteiger partial charge in [-0.25, -0.2) is 0 Å². The number of aryl methyl sites for hydroxylation is 1. The third kappa shape index (κ3) is 2.57. The summed E-state index contributed by atoms with van der Waals surface area (Å²) in [5.41, 5.74) is 1.71. The fourth-order valence-corrected chi connectivity index (χ4v) is 1.38. The van der Waals surface area contributed by atoms with Gasteiger partial charge in [0, 0.05) is 5.56 Å². The van der Waals surface area contributed by atoms with Gasteiger partial charge in [-0.05, 0) is 37.6 Å². The lowest BCUT2D eigenvalue weighted by atomic mass is 10.1. The van der Waals surface area contributed by atoms with Crippen LogP contribution in [-0.4, -0.2) is 25.1 Å². The maximum absolute atomic E-state index is 11.1. The predicted molar refractivity (Wildman–Crippen MR) is 56.4 cm³/mol. The van der Waals surface area contributed by atoms with Gasteiger partial charge in [0.2, 0.25) is 0 Å². The van der Waals surface area contributed by atoms with E-state index in [2.05, 4.69) is 0 Å². The summed E-state index contributed by atoms with van der Waals surface area (Å²) in [4.78, 5) is 11.1. The number of carbonyl (C=O) groups is 1. The van der Waals surface area contributed by atoms with Crippen molar-refractivity contribution in [2.45, 2.75) is 20.0 Å². The van der Waals surface area contributed by atoms with Gasteiger partial charge < -0.3 is 9.47 Å². The molecule has 0 aromatic heterocycles. The Labute approximate surface area is 89.0 Å². The van der Waals surface area contributed by atoms with E-state index in [4.69, 9.17) is 9.47 Å². The molecule has 3 nitrogen and oxygen atoms in total. The normalized spacial score (nSPS) is 18.7. The molecule has 80 valence electrons. The van der Waals surface area contributed by atoms with E-state index >= 15 is 0 Å². The van der Waals surface area contributed by atoms with E-state index in [1.807, 2.05) is 19.1 Å². The number of ether oxygens (including phenoxy) is 2. The summed E-state index contributed by atoms with van der Waals surface area (Å²) in [5, 5.41) is 0. The molecule has 1 fully saturated rings. The van der Waals surface area contributed by atoms with Crippen molar-refractivity contribution in [1.29, 1.82) is 0 Å². The highest BCUT2D eigenvalue weighted by molar-refractivity contribution is 5.94. The Hall–Kier alpha value is -1.35. The van der Waals surface area contributed by atoms with Gasteiger partial charge >= 0.3 is 0 Å². The van der Waals surface area contributed by atoms with Crippen LogP contribution in [0.5, 0.6) is 5.75 Å². The molecule has 0 bridgehead atoms. The molecule has 1 saturated heterocycles. The summed E-state index contributed by atoms with van der Waals surface area (Å²) in [6.07, 6.45) is 0.261. The Morgan fingerprint density at radius 1 is 1.60 bits per heavy atom. The summed E-state index contributed by atoms with van der Waals surface area (Å²) < 4.78 is 10.6. The van der Waals surface area contributed by atoms with Crippen LogP contribution < -0.4 is 4.74 Å². The van der Waals surface area contributed by atoms with Crippen LogP contribution >= 0.6 is 0 Å². The van der Waals surface area contributed by atoms with Crippen LogP contribution in [0.3, 0.4) is 0 Å². The molecule has 0 aliphatic carbocycles. The molecular weight excluding hydrogens is 192 g/mol. The standard InChI is InChI=1S/C12H14O3/c1-8-5-10(9(2)13)3-4-12(8)15-7-11-6-14-11/h3-5,11H,6-7H2,1-2H3/t11-/m0/s1. The van der Waals surface area contributed by atoms with Crippen molar-refractivity contribution in [2.24, 2.45) is 0 Å². The highest BCUT2D eigenvalue weighted by Crippen LogP contribution is 2.21. The number of rotatable bonds is 4. The van der Waals surface area contributed by atoms with Crippen LogP contribution in [0.1, 0.15) is 22.8 Å². The lowest BCUT2D eigenvalue weighted by molar-refractivity contribution is 0.101. The van der Waals surface area contributed by atoms with Crippen molar-refractivity contribution >= 4 is 5.78 Å². The van der Waals surface area contributed by atoms with Gasteiger partial charge in [0.15, 0.2) is 5.78 Å². The second-order valence-corrected chi connectivity index (χ2v) is 3.80. The van der Waals surface area contributed by atoms with Gasteiger partial charge in [0.05, 0.1) is 6.61 Å². The predicted octanol–water partition coefficient (Wildman–Crippen LogP) is 1.98. The number of hydrogen-bond donors (Lipinski definition) is 0. The zero-order valence-electron chi connectivity index (χ0n) is 8.95. The molecule has 2 rings (SSSR count). The van der Waals surface area contributed by atoms with Crippen molar-refractivity contribution in [3.8, 4) is 5.75 Å². The highest BCUT2D eigenvalue weighted by Gasteiger charge is 2.23. The van der Waals surface area contributed by atoms with Crippen molar-refractivity contribution in [3.63, 3.8) is 0 Å². The van der Waals surface area contributed by atoms with Crippen LogP contribution in [0.15, 0.2) is 18.2 Å². The maximum Gasteiger partial charge on any atom is 0.159 e. The van der Waals surface area contributed by atoms with E-state index < -0.39 is 0 Å². The molecule has 0 N–H and O–H groups in total. The Kier molecular flexibility index (Phi) is 2.73. The Morgan fingerprint density at radius 3 is 2.87 bits per heavy atom. The summed E-state index contributed by atoms with van der Waals surface area (Å²) >= 11 is 0. The first-order valence-corrected chi connectivity index (χ1v) is 5.03. The Balaban J connectivity index is 2.07.